The summed E-state index contributed by atoms with van der Waals surface area (Å²) in [4.78, 5) is 21.1. The lowest BCUT2D eigenvalue weighted by Gasteiger charge is -2.23. The molecule has 0 saturated heterocycles. The van der Waals surface area contributed by atoms with Gasteiger partial charge < -0.3 is 5.32 Å². The van der Waals surface area contributed by atoms with Gasteiger partial charge in [0.1, 0.15) is 5.03 Å². The third-order valence-electron chi connectivity index (χ3n) is 4.31. The maximum Gasteiger partial charge on any atom is 0.254 e. The fourth-order valence-corrected chi connectivity index (χ4v) is 3.98. The zero-order chi connectivity index (χ0) is 16.6. The molecule has 2 heterocycles. The van der Waals surface area contributed by atoms with Crippen LogP contribution in [0.2, 0.25) is 0 Å². The van der Waals surface area contributed by atoms with Crippen molar-refractivity contribution >= 4 is 17.7 Å². The van der Waals surface area contributed by atoms with Gasteiger partial charge in [-0.2, -0.15) is 0 Å². The molecule has 1 amide bonds. The summed E-state index contributed by atoms with van der Waals surface area (Å²) in [6.45, 7) is 0. The minimum atomic E-state index is 0.0128. The lowest BCUT2D eigenvalue weighted by Crippen LogP contribution is -2.36. The van der Waals surface area contributed by atoms with E-state index < -0.39 is 0 Å². The first-order chi connectivity index (χ1) is 11.8. The highest BCUT2D eigenvalue weighted by molar-refractivity contribution is 7.99. The van der Waals surface area contributed by atoms with E-state index in [1.807, 2.05) is 24.4 Å². The number of pyridine rings is 2. The number of hydrogen-bond acceptors (Lipinski definition) is 4. The quantitative estimate of drug-likeness (QED) is 0.810. The Morgan fingerprint density at radius 3 is 2.79 bits per heavy atom. The van der Waals surface area contributed by atoms with Gasteiger partial charge in [-0.25, -0.2) is 4.98 Å². The van der Waals surface area contributed by atoms with E-state index in [-0.39, 0.29) is 5.91 Å². The first-order valence-electron chi connectivity index (χ1n) is 8.60. The number of amides is 1. The molecule has 2 aromatic rings. The minimum absolute atomic E-state index is 0.0128. The zero-order valence-electron chi connectivity index (χ0n) is 13.8. The van der Waals surface area contributed by atoms with Crippen LogP contribution in [0.25, 0.3) is 0 Å². The summed E-state index contributed by atoms with van der Waals surface area (Å²) in [6, 6.07) is 8.05. The van der Waals surface area contributed by atoms with Crippen LogP contribution in [0.3, 0.4) is 0 Å². The lowest BCUT2D eigenvalue weighted by molar-refractivity contribution is 0.0924. The highest BCUT2D eigenvalue weighted by atomic mass is 32.2. The second-order valence-corrected chi connectivity index (χ2v) is 7.21. The molecule has 1 N–H and O–H groups in total. The Morgan fingerprint density at radius 2 is 2.00 bits per heavy atom. The van der Waals surface area contributed by atoms with E-state index in [2.05, 4.69) is 21.4 Å². The Labute approximate surface area is 147 Å². The summed E-state index contributed by atoms with van der Waals surface area (Å²) in [7, 11) is 0. The molecule has 1 aliphatic carbocycles. The number of aromatic nitrogens is 2. The molecule has 4 nitrogen and oxygen atoms in total. The lowest BCUT2D eigenvalue weighted by atomic mass is 9.95. The number of carbonyl (C=O) groups excluding carboxylic acids is 1. The van der Waals surface area contributed by atoms with Crippen molar-refractivity contribution in [1.82, 2.24) is 15.3 Å². The number of nitrogens with zero attached hydrogens (tertiary/aromatic N) is 2. The molecule has 24 heavy (non-hydrogen) atoms. The molecule has 3 rings (SSSR count). The summed E-state index contributed by atoms with van der Waals surface area (Å²) in [5, 5.41) is 4.00. The van der Waals surface area contributed by atoms with Crippen molar-refractivity contribution in [3.8, 4) is 0 Å². The standard InChI is InChI=1S/C19H23N3OS/c23-18(22-16-7-2-1-3-8-16)17-9-5-12-21-19(17)24-13-10-15-6-4-11-20-14-15/h4-6,9,11-12,14,16H,1-3,7-8,10,13H2,(H,22,23). The van der Waals surface area contributed by atoms with Gasteiger partial charge in [-0.15, -0.1) is 11.8 Å². The smallest absolute Gasteiger partial charge is 0.254 e. The largest absolute Gasteiger partial charge is 0.349 e. The molecule has 126 valence electrons. The second kappa shape index (κ2) is 8.83. The monoisotopic (exact) mass is 341 g/mol. The fraction of sp³-hybridized carbons (Fsp3) is 0.421. The first kappa shape index (κ1) is 17.0. The maximum absolute atomic E-state index is 12.6. The van der Waals surface area contributed by atoms with E-state index in [1.165, 1.54) is 24.8 Å². The van der Waals surface area contributed by atoms with Crippen LogP contribution < -0.4 is 5.32 Å². The highest BCUT2D eigenvalue weighted by Gasteiger charge is 2.19. The van der Waals surface area contributed by atoms with E-state index in [0.717, 1.165) is 30.0 Å². The SMILES string of the molecule is O=C(NC1CCCCC1)c1cccnc1SCCc1cccnc1. The Morgan fingerprint density at radius 1 is 1.17 bits per heavy atom. The van der Waals surface area contributed by atoms with Crippen LogP contribution in [0.1, 0.15) is 48.0 Å². The molecule has 5 heteroatoms. The maximum atomic E-state index is 12.6. The number of aryl methyl sites for hydroxylation is 1. The summed E-state index contributed by atoms with van der Waals surface area (Å²) in [5.41, 5.74) is 1.90. The third-order valence-corrected chi connectivity index (χ3v) is 5.32. The van der Waals surface area contributed by atoms with Gasteiger partial charge in [0, 0.05) is 30.4 Å². The van der Waals surface area contributed by atoms with Crippen LogP contribution in [0.4, 0.5) is 0 Å². The Bertz CT molecular complexity index is 657. The Kier molecular flexibility index (Phi) is 6.24. The molecule has 0 atom stereocenters. The Hall–Kier alpha value is -1.88. The molecule has 1 saturated carbocycles. The Balaban J connectivity index is 1.58. The average Bonchev–Trinajstić information content (AvgIpc) is 2.64. The number of nitrogens with one attached hydrogen (secondary N) is 1. The van der Waals surface area contributed by atoms with Crippen LogP contribution in [0.15, 0.2) is 47.9 Å². The molecular formula is C19H23N3OS. The molecular weight excluding hydrogens is 318 g/mol. The predicted molar refractivity (Wildman–Crippen MR) is 97.2 cm³/mol. The normalized spacial score (nSPS) is 15.2. The van der Waals surface area contributed by atoms with Gasteiger partial charge in [0.2, 0.25) is 0 Å². The van der Waals surface area contributed by atoms with Crippen LogP contribution in [-0.2, 0) is 6.42 Å². The van der Waals surface area contributed by atoms with Gasteiger partial charge in [0.15, 0.2) is 0 Å². The summed E-state index contributed by atoms with van der Waals surface area (Å²) >= 11 is 1.63. The summed E-state index contributed by atoms with van der Waals surface area (Å²) < 4.78 is 0. The van der Waals surface area contributed by atoms with Gasteiger partial charge in [0.05, 0.1) is 5.56 Å². The molecule has 1 fully saturated rings. The third kappa shape index (κ3) is 4.81. The first-order valence-corrected chi connectivity index (χ1v) is 9.59. The van der Waals surface area contributed by atoms with Crippen molar-refractivity contribution in [3.05, 3.63) is 54.0 Å². The average molecular weight is 341 g/mol. The second-order valence-electron chi connectivity index (χ2n) is 6.12. The number of rotatable bonds is 6. The van der Waals surface area contributed by atoms with Crippen molar-refractivity contribution < 1.29 is 4.79 Å². The predicted octanol–water partition coefficient (Wildman–Crippen LogP) is 3.87. The van der Waals surface area contributed by atoms with E-state index in [1.54, 1.807) is 24.2 Å². The van der Waals surface area contributed by atoms with Gasteiger partial charge in [-0.1, -0.05) is 25.3 Å². The van der Waals surface area contributed by atoms with Crippen LogP contribution >= 0.6 is 11.8 Å². The summed E-state index contributed by atoms with van der Waals surface area (Å²) in [5.74, 6) is 0.894. The van der Waals surface area contributed by atoms with Gasteiger partial charge in [-0.3, -0.25) is 9.78 Å². The van der Waals surface area contributed by atoms with Gasteiger partial charge in [0.25, 0.3) is 5.91 Å². The topological polar surface area (TPSA) is 54.9 Å². The number of hydrogen-bond donors (Lipinski definition) is 1. The van der Waals surface area contributed by atoms with Crippen LogP contribution in [-0.4, -0.2) is 27.7 Å². The van der Waals surface area contributed by atoms with Crippen molar-refractivity contribution in [1.29, 1.82) is 0 Å². The highest BCUT2D eigenvalue weighted by Crippen LogP contribution is 2.22. The molecule has 0 aromatic carbocycles. The van der Waals surface area contributed by atoms with Crippen LogP contribution in [0, 0.1) is 0 Å². The van der Waals surface area contributed by atoms with Gasteiger partial charge in [-0.05, 0) is 43.0 Å². The minimum Gasteiger partial charge on any atom is -0.349 e. The van der Waals surface area contributed by atoms with E-state index in [9.17, 15) is 4.79 Å². The molecule has 0 radical (unpaired) electrons. The van der Waals surface area contributed by atoms with E-state index >= 15 is 0 Å². The fourth-order valence-electron chi connectivity index (χ4n) is 3.00. The zero-order valence-corrected chi connectivity index (χ0v) is 14.6. The molecule has 2 aromatic heterocycles. The van der Waals surface area contributed by atoms with E-state index in [4.69, 9.17) is 0 Å². The molecule has 0 aliphatic heterocycles. The number of carbonyl (C=O) groups is 1. The van der Waals surface area contributed by atoms with Crippen molar-refractivity contribution in [2.75, 3.05) is 5.75 Å². The molecule has 0 bridgehead atoms. The molecule has 0 spiro atoms. The molecule has 0 unspecified atom stereocenters. The van der Waals surface area contributed by atoms with Crippen molar-refractivity contribution in [3.63, 3.8) is 0 Å². The van der Waals surface area contributed by atoms with Crippen LogP contribution in [0.5, 0.6) is 0 Å². The molecule has 1 aliphatic rings. The summed E-state index contributed by atoms with van der Waals surface area (Å²) in [6.07, 6.45) is 12.2. The van der Waals surface area contributed by atoms with Crippen molar-refractivity contribution in [2.45, 2.75) is 49.6 Å². The number of thioether (sulfide) groups is 1. The van der Waals surface area contributed by atoms with Gasteiger partial charge >= 0.3 is 0 Å². The van der Waals surface area contributed by atoms with E-state index in [0.29, 0.717) is 11.6 Å². The van der Waals surface area contributed by atoms with Crippen molar-refractivity contribution in [2.24, 2.45) is 0 Å².